The normalized spacial score (nSPS) is 12.5. The molecular formula is C22H20N4O4. The molecule has 3 rings (SSSR count). The van der Waals surface area contributed by atoms with Crippen molar-refractivity contribution < 1.29 is 19.2 Å². The first-order chi connectivity index (χ1) is 14.3. The van der Waals surface area contributed by atoms with Crippen LogP contribution >= 0.6 is 0 Å². The number of benzene rings is 2. The van der Waals surface area contributed by atoms with Crippen LogP contribution in [0.15, 0.2) is 42.5 Å². The van der Waals surface area contributed by atoms with Crippen LogP contribution in [-0.4, -0.2) is 34.6 Å². The van der Waals surface area contributed by atoms with Crippen molar-refractivity contribution in [3.63, 3.8) is 0 Å². The SMILES string of the molecule is CC(C)N1C(=O)c2ccc(C(=O)Nc3ccc(CNC(=O)CC#N)cc3)cc2C1=O. The Morgan fingerprint density at radius 2 is 1.70 bits per heavy atom. The third kappa shape index (κ3) is 4.20. The first-order valence-corrected chi connectivity index (χ1v) is 9.37. The smallest absolute Gasteiger partial charge is 0.261 e. The van der Waals surface area contributed by atoms with Gasteiger partial charge in [-0.25, -0.2) is 0 Å². The number of hydrogen-bond donors (Lipinski definition) is 2. The van der Waals surface area contributed by atoms with Gasteiger partial charge in [0.15, 0.2) is 0 Å². The summed E-state index contributed by atoms with van der Waals surface area (Å²) < 4.78 is 0. The Labute approximate surface area is 173 Å². The van der Waals surface area contributed by atoms with Gasteiger partial charge in [-0.2, -0.15) is 5.26 Å². The molecule has 0 radical (unpaired) electrons. The van der Waals surface area contributed by atoms with Gasteiger partial charge in [-0.15, -0.1) is 0 Å². The summed E-state index contributed by atoms with van der Waals surface area (Å²) in [6.07, 6.45) is -0.196. The van der Waals surface area contributed by atoms with E-state index in [0.717, 1.165) is 5.56 Å². The summed E-state index contributed by atoms with van der Waals surface area (Å²) in [4.78, 5) is 49.9. The van der Waals surface area contributed by atoms with Crippen LogP contribution in [0.4, 0.5) is 5.69 Å². The Morgan fingerprint density at radius 3 is 2.33 bits per heavy atom. The maximum atomic E-state index is 12.6. The zero-order valence-electron chi connectivity index (χ0n) is 16.6. The number of carbonyl (C=O) groups is 4. The number of fused-ring (bicyclic) bond motifs is 1. The highest BCUT2D eigenvalue weighted by Gasteiger charge is 2.37. The van der Waals surface area contributed by atoms with E-state index in [4.69, 9.17) is 5.26 Å². The molecule has 0 unspecified atom stereocenters. The molecule has 0 aliphatic carbocycles. The first-order valence-electron chi connectivity index (χ1n) is 9.37. The summed E-state index contributed by atoms with van der Waals surface area (Å²) in [7, 11) is 0. The average molecular weight is 404 g/mol. The Bertz CT molecular complexity index is 1070. The summed E-state index contributed by atoms with van der Waals surface area (Å²) in [5, 5.41) is 13.8. The topological polar surface area (TPSA) is 119 Å². The molecule has 1 heterocycles. The second-order valence-electron chi connectivity index (χ2n) is 7.10. The van der Waals surface area contributed by atoms with E-state index in [1.54, 1.807) is 44.2 Å². The molecule has 2 aromatic rings. The fraction of sp³-hybridized carbons (Fsp3) is 0.227. The van der Waals surface area contributed by atoms with Crippen molar-refractivity contribution in [2.75, 3.05) is 5.32 Å². The first kappa shape index (κ1) is 20.7. The summed E-state index contributed by atoms with van der Waals surface area (Å²) in [5.74, 6) is -1.51. The maximum Gasteiger partial charge on any atom is 0.261 e. The average Bonchev–Trinajstić information content (AvgIpc) is 2.97. The van der Waals surface area contributed by atoms with Crippen LogP contribution in [0.5, 0.6) is 0 Å². The third-order valence-electron chi connectivity index (χ3n) is 4.64. The van der Waals surface area contributed by atoms with Crippen molar-refractivity contribution in [1.29, 1.82) is 5.26 Å². The molecule has 0 saturated carbocycles. The van der Waals surface area contributed by atoms with E-state index >= 15 is 0 Å². The van der Waals surface area contributed by atoms with Crippen LogP contribution in [0, 0.1) is 11.3 Å². The third-order valence-corrected chi connectivity index (χ3v) is 4.64. The Morgan fingerprint density at radius 1 is 1.03 bits per heavy atom. The van der Waals surface area contributed by atoms with E-state index in [0.29, 0.717) is 11.3 Å². The molecule has 4 amide bonds. The number of nitrogens with one attached hydrogen (secondary N) is 2. The number of carbonyl (C=O) groups excluding carboxylic acids is 4. The summed E-state index contributed by atoms with van der Waals surface area (Å²) >= 11 is 0. The van der Waals surface area contributed by atoms with E-state index in [1.165, 1.54) is 23.1 Å². The number of nitrogens with zero attached hydrogens (tertiary/aromatic N) is 2. The van der Waals surface area contributed by atoms with Gasteiger partial charge in [0.1, 0.15) is 6.42 Å². The van der Waals surface area contributed by atoms with E-state index < -0.39 is 11.8 Å². The number of rotatable bonds is 6. The predicted molar refractivity (Wildman–Crippen MR) is 109 cm³/mol. The lowest BCUT2D eigenvalue weighted by molar-refractivity contribution is -0.120. The highest BCUT2D eigenvalue weighted by atomic mass is 16.2. The van der Waals surface area contributed by atoms with Gasteiger partial charge in [0.25, 0.3) is 17.7 Å². The number of imide groups is 1. The van der Waals surface area contributed by atoms with E-state index in [-0.39, 0.29) is 41.9 Å². The fourth-order valence-electron chi connectivity index (χ4n) is 3.11. The second kappa shape index (κ2) is 8.57. The second-order valence-corrected chi connectivity index (χ2v) is 7.10. The number of nitriles is 1. The lowest BCUT2D eigenvalue weighted by Gasteiger charge is -2.17. The monoisotopic (exact) mass is 404 g/mol. The van der Waals surface area contributed by atoms with E-state index in [1.807, 2.05) is 0 Å². The van der Waals surface area contributed by atoms with Crippen LogP contribution in [0.1, 0.15) is 56.9 Å². The van der Waals surface area contributed by atoms with Crippen molar-refractivity contribution in [1.82, 2.24) is 10.2 Å². The zero-order chi connectivity index (χ0) is 21.8. The standard InChI is InChI=1S/C22H20N4O4/c1-13(2)26-21(29)17-8-5-15(11-18(17)22(26)30)20(28)25-16-6-3-14(4-7-16)12-24-19(27)9-10-23/h3-8,11,13H,9,12H2,1-2H3,(H,24,27)(H,25,28). The van der Waals surface area contributed by atoms with Crippen molar-refractivity contribution >= 4 is 29.3 Å². The maximum absolute atomic E-state index is 12.6. The molecule has 2 N–H and O–H groups in total. The van der Waals surface area contributed by atoms with Crippen LogP contribution < -0.4 is 10.6 Å². The van der Waals surface area contributed by atoms with Gasteiger partial charge in [-0.3, -0.25) is 24.1 Å². The van der Waals surface area contributed by atoms with E-state index in [9.17, 15) is 19.2 Å². The van der Waals surface area contributed by atoms with Crippen LogP contribution in [0.3, 0.4) is 0 Å². The molecule has 30 heavy (non-hydrogen) atoms. The molecule has 1 aliphatic rings. The van der Waals surface area contributed by atoms with Gasteiger partial charge in [0, 0.05) is 23.8 Å². The summed E-state index contributed by atoms with van der Waals surface area (Å²) in [6.45, 7) is 3.80. The highest BCUT2D eigenvalue weighted by Crippen LogP contribution is 2.26. The van der Waals surface area contributed by atoms with Gasteiger partial charge in [0.05, 0.1) is 17.2 Å². The van der Waals surface area contributed by atoms with Gasteiger partial charge in [-0.05, 0) is 49.7 Å². The minimum atomic E-state index is -0.406. The summed E-state index contributed by atoms with van der Waals surface area (Å²) in [6, 6.07) is 12.8. The molecule has 152 valence electrons. The number of amides is 4. The predicted octanol–water partition coefficient (Wildman–Crippen LogP) is 2.47. The minimum Gasteiger partial charge on any atom is -0.351 e. The molecule has 0 bridgehead atoms. The Balaban J connectivity index is 1.68. The van der Waals surface area contributed by atoms with Crippen molar-refractivity contribution in [3.05, 3.63) is 64.7 Å². The van der Waals surface area contributed by atoms with E-state index in [2.05, 4.69) is 10.6 Å². The fourth-order valence-corrected chi connectivity index (χ4v) is 3.11. The zero-order valence-corrected chi connectivity index (χ0v) is 16.6. The van der Waals surface area contributed by atoms with Gasteiger partial charge < -0.3 is 10.6 Å². The Hall–Kier alpha value is -3.99. The Kier molecular flexibility index (Phi) is 5.93. The lowest BCUT2D eigenvalue weighted by Crippen LogP contribution is -2.35. The lowest BCUT2D eigenvalue weighted by atomic mass is 10.1. The molecule has 0 saturated heterocycles. The number of hydrogen-bond acceptors (Lipinski definition) is 5. The summed E-state index contributed by atoms with van der Waals surface area (Å²) in [5.41, 5.74) is 2.15. The number of anilines is 1. The van der Waals surface area contributed by atoms with Crippen LogP contribution in [0.25, 0.3) is 0 Å². The van der Waals surface area contributed by atoms with Crippen molar-refractivity contribution in [3.8, 4) is 6.07 Å². The van der Waals surface area contributed by atoms with Crippen molar-refractivity contribution in [2.24, 2.45) is 0 Å². The highest BCUT2D eigenvalue weighted by molar-refractivity contribution is 6.22. The molecule has 0 fully saturated rings. The molecule has 0 atom stereocenters. The van der Waals surface area contributed by atoms with Crippen LogP contribution in [0.2, 0.25) is 0 Å². The molecule has 8 nitrogen and oxygen atoms in total. The van der Waals surface area contributed by atoms with Crippen LogP contribution in [-0.2, 0) is 11.3 Å². The van der Waals surface area contributed by atoms with Gasteiger partial charge in [0.2, 0.25) is 5.91 Å². The molecule has 0 spiro atoms. The van der Waals surface area contributed by atoms with Crippen molar-refractivity contribution in [2.45, 2.75) is 32.9 Å². The minimum absolute atomic E-state index is 0.196. The molecule has 8 heteroatoms. The van der Waals surface area contributed by atoms with Gasteiger partial charge >= 0.3 is 0 Å². The quantitative estimate of drug-likeness (QED) is 0.717. The molecular weight excluding hydrogens is 384 g/mol. The largest absolute Gasteiger partial charge is 0.351 e. The molecule has 1 aliphatic heterocycles. The van der Waals surface area contributed by atoms with Gasteiger partial charge in [-0.1, -0.05) is 12.1 Å². The molecule has 2 aromatic carbocycles. The molecule has 0 aromatic heterocycles.